The number of hydrogen-bond acceptors (Lipinski definition) is 3. The minimum atomic E-state index is -0.394. The number of amides is 1. The molecule has 0 spiro atoms. The lowest BCUT2D eigenvalue weighted by atomic mass is 10.2. The van der Waals surface area contributed by atoms with E-state index in [9.17, 15) is 9.18 Å². The van der Waals surface area contributed by atoms with Crippen LogP contribution in [0.4, 0.5) is 4.39 Å². The highest BCUT2D eigenvalue weighted by atomic mass is 79.9. The molecule has 0 atom stereocenters. The van der Waals surface area contributed by atoms with Crippen molar-refractivity contribution in [2.45, 2.75) is 0 Å². The van der Waals surface area contributed by atoms with Crippen LogP contribution in [0.15, 0.2) is 22.7 Å². The number of carbonyl (C=O) groups is 1. The maximum absolute atomic E-state index is 13.0. The van der Waals surface area contributed by atoms with Gasteiger partial charge in [-0.25, -0.2) is 4.39 Å². The molecule has 4 nitrogen and oxygen atoms in total. The molecular formula is C12H15BrFNO3. The quantitative estimate of drug-likeness (QED) is 0.782. The molecule has 0 aromatic heterocycles. The van der Waals surface area contributed by atoms with Crippen molar-refractivity contribution in [1.82, 2.24) is 5.32 Å². The Kier molecular flexibility index (Phi) is 6.85. The Morgan fingerprint density at radius 1 is 1.39 bits per heavy atom. The van der Waals surface area contributed by atoms with E-state index < -0.39 is 5.82 Å². The van der Waals surface area contributed by atoms with Gasteiger partial charge in [0.1, 0.15) is 5.82 Å². The molecule has 0 radical (unpaired) electrons. The van der Waals surface area contributed by atoms with Crippen molar-refractivity contribution in [1.29, 1.82) is 0 Å². The van der Waals surface area contributed by atoms with Gasteiger partial charge in [-0.15, -0.1) is 0 Å². The molecule has 6 heteroatoms. The molecule has 0 aliphatic rings. The van der Waals surface area contributed by atoms with Crippen molar-refractivity contribution >= 4 is 21.8 Å². The maximum Gasteiger partial charge on any atom is 0.251 e. The average Bonchev–Trinajstić information content (AvgIpc) is 2.36. The lowest BCUT2D eigenvalue weighted by Crippen LogP contribution is -2.27. The van der Waals surface area contributed by atoms with Crippen LogP contribution < -0.4 is 5.32 Å². The van der Waals surface area contributed by atoms with Crippen molar-refractivity contribution in [2.75, 3.05) is 33.5 Å². The normalized spacial score (nSPS) is 10.4. The standard InChI is InChI=1S/C12H15BrFNO3/c1-17-6-7-18-5-4-15-12(16)9-2-3-11(14)10(13)8-9/h2-3,8H,4-7H2,1H3,(H,15,16). The third-order valence-corrected chi connectivity index (χ3v) is 2.75. The largest absolute Gasteiger partial charge is 0.382 e. The number of halogens is 2. The van der Waals surface area contributed by atoms with E-state index in [1.54, 1.807) is 7.11 Å². The Labute approximate surface area is 114 Å². The molecule has 0 aliphatic carbocycles. The molecule has 1 amide bonds. The minimum Gasteiger partial charge on any atom is -0.382 e. The highest BCUT2D eigenvalue weighted by Crippen LogP contribution is 2.16. The van der Waals surface area contributed by atoms with Crippen LogP contribution in [0.25, 0.3) is 0 Å². The molecule has 1 aromatic rings. The predicted octanol–water partition coefficient (Wildman–Crippen LogP) is 1.98. The summed E-state index contributed by atoms with van der Waals surface area (Å²) in [5.41, 5.74) is 0.403. The number of methoxy groups -OCH3 is 1. The van der Waals surface area contributed by atoms with Gasteiger partial charge in [-0.1, -0.05) is 0 Å². The summed E-state index contributed by atoms with van der Waals surface area (Å²) in [5, 5.41) is 2.67. The summed E-state index contributed by atoms with van der Waals surface area (Å²) in [6, 6.07) is 4.12. The van der Waals surface area contributed by atoms with Crippen LogP contribution >= 0.6 is 15.9 Å². The molecule has 100 valence electrons. The number of hydrogen-bond donors (Lipinski definition) is 1. The van der Waals surface area contributed by atoms with Crippen LogP contribution in [0.3, 0.4) is 0 Å². The van der Waals surface area contributed by atoms with Gasteiger partial charge >= 0.3 is 0 Å². The van der Waals surface area contributed by atoms with Gasteiger partial charge in [0.15, 0.2) is 0 Å². The Morgan fingerprint density at radius 3 is 2.83 bits per heavy atom. The second-order valence-electron chi connectivity index (χ2n) is 3.49. The number of benzene rings is 1. The number of nitrogens with one attached hydrogen (secondary N) is 1. The zero-order chi connectivity index (χ0) is 13.4. The molecular weight excluding hydrogens is 305 g/mol. The summed E-state index contributed by atoms with van der Waals surface area (Å²) in [5.74, 6) is -0.652. The van der Waals surface area contributed by atoms with E-state index in [2.05, 4.69) is 21.2 Å². The number of rotatable bonds is 7. The molecule has 1 N–H and O–H groups in total. The SMILES string of the molecule is COCCOCCNC(=O)c1ccc(F)c(Br)c1. The second-order valence-corrected chi connectivity index (χ2v) is 4.34. The lowest BCUT2D eigenvalue weighted by Gasteiger charge is -2.06. The predicted molar refractivity (Wildman–Crippen MR) is 69.1 cm³/mol. The van der Waals surface area contributed by atoms with Gasteiger partial charge in [-0.3, -0.25) is 4.79 Å². The van der Waals surface area contributed by atoms with E-state index in [1.165, 1.54) is 18.2 Å². The van der Waals surface area contributed by atoms with Crippen LogP contribution in [0.2, 0.25) is 0 Å². The smallest absolute Gasteiger partial charge is 0.251 e. The van der Waals surface area contributed by atoms with E-state index in [0.29, 0.717) is 31.9 Å². The van der Waals surface area contributed by atoms with Crippen LogP contribution in [0.5, 0.6) is 0 Å². The fourth-order valence-corrected chi connectivity index (χ4v) is 1.60. The lowest BCUT2D eigenvalue weighted by molar-refractivity contribution is 0.0692. The van der Waals surface area contributed by atoms with Crippen molar-refractivity contribution in [3.63, 3.8) is 0 Å². The van der Waals surface area contributed by atoms with Gasteiger partial charge in [0, 0.05) is 19.2 Å². The van der Waals surface area contributed by atoms with E-state index in [1.807, 2.05) is 0 Å². The van der Waals surface area contributed by atoms with Crippen molar-refractivity contribution in [2.24, 2.45) is 0 Å². The molecule has 0 bridgehead atoms. The van der Waals surface area contributed by atoms with Crippen molar-refractivity contribution in [3.05, 3.63) is 34.1 Å². The zero-order valence-electron chi connectivity index (χ0n) is 10.0. The first-order chi connectivity index (χ1) is 8.65. The van der Waals surface area contributed by atoms with Crippen LogP contribution in [0, 0.1) is 5.82 Å². The van der Waals surface area contributed by atoms with Gasteiger partial charge in [0.2, 0.25) is 0 Å². The maximum atomic E-state index is 13.0. The summed E-state index contributed by atoms with van der Waals surface area (Å²) in [7, 11) is 1.59. The molecule has 0 aliphatic heterocycles. The van der Waals surface area contributed by atoms with Gasteiger partial charge < -0.3 is 14.8 Å². The Hall–Kier alpha value is -0.980. The number of ether oxygens (including phenoxy) is 2. The summed E-state index contributed by atoms with van der Waals surface area (Å²) in [4.78, 5) is 11.7. The summed E-state index contributed by atoms with van der Waals surface area (Å²) >= 11 is 3.03. The zero-order valence-corrected chi connectivity index (χ0v) is 11.6. The first-order valence-corrected chi connectivity index (χ1v) is 6.24. The monoisotopic (exact) mass is 319 g/mol. The molecule has 0 heterocycles. The minimum absolute atomic E-state index is 0.258. The Balaban J connectivity index is 2.30. The fourth-order valence-electron chi connectivity index (χ4n) is 1.22. The molecule has 1 rings (SSSR count). The van der Waals surface area contributed by atoms with Crippen LogP contribution in [-0.2, 0) is 9.47 Å². The summed E-state index contributed by atoms with van der Waals surface area (Å²) < 4.78 is 23.3. The first-order valence-electron chi connectivity index (χ1n) is 5.45. The van der Waals surface area contributed by atoms with Gasteiger partial charge in [0.05, 0.1) is 24.3 Å². The molecule has 18 heavy (non-hydrogen) atoms. The average molecular weight is 320 g/mol. The Bertz CT molecular complexity index is 401. The summed E-state index contributed by atoms with van der Waals surface area (Å²) in [6.07, 6.45) is 0. The van der Waals surface area contributed by atoms with Crippen LogP contribution in [0.1, 0.15) is 10.4 Å². The van der Waals surface area contributed by atoms with E-state index >= 15 is 0 Å². The topological polar surface area (TPSA) is 47.6 Å². The molecule has 0 unspecified atom stereocenters. The summed E-state index contributed by atoms with van der Waals surface area (Å²) in [6.45, 7) is 1.84. The van der Waals surface area contributed by atoms with Crippen LogP contribution in [-0.4, -0.2) is 39.4 Å². The van der Waals surface area contributed by atoms with Gasteiger partial charge in [-0.05, 0) is 34.1 Å². The third kappa shape index (κ3) is 5.12. The molecule has 0 saturated carbocycles. The fraction of sp³-hybridized carbons (Fsp3) is 0.417. The van der Waals surface area contributed by atoms with E-state index in [4.69, 9.17) is 9.47 Å². The van der Waals surface area contributed by atoms with Gasteiger partial charge in [0.25, 0.3) is 5.91 Å². The molecule has 0 fully saturated rings. The van der Waals surface area contributed by atoms with Crippen molar-refractivity contribution in [3.8, 4) is 0 Å². The highest BCUT2D eigenvalue weighted by molar-refractivity contribution is 9.10. The first kappa shape index (κ1) is 15.1. The van der Waals surface area contributed by atoms with E-state index in [0.717, 1.165) is 0 Å². The van der Waals surface area contributed by atoms with E-state index in [-0.39, 0.29) is 10.4 Å². The van der Waals surface area contributed by atoms with Crippen molar-refractivity contribution < 1.29 is 18.7 Å². The highest BCUT2D eigenvalue weighted by Gasteiger charge is 2.07. The molecule has 1 aromatic carbocycles. The second kappa shape index (κ2) is 8.18. The Morgan fingerprint density at radius 2 is 2.17 bits per heavy atom. The molecule has 0 saturated heterocycles. The number of carbonyl (C=O) groups excluding carboxylic acids is 1. The third-order valence-electron chi connectivity index (χ3n) is 2.15. The van der Waals surface area contributed by atoms with Gasteiger partial charge in [-0.2, -0.15) is 0 Å².